The van der Waals surface area contributed by atoms with Gasteiger partial charge in [-0.25, -0.2) is 4.68 Å². The highest BCUT2D eigenvalue weighted by atomic mass is 16.4. The summed E-state index contributed by atoms with van der Waals surface area (Å²) in [6.45, 7) is 1.52. The first-order chi connectivity index (χ1) is 7.16. The third kappa shape index (κ3) is 1.85. The van der Waals surface area contributed by atoms with Gasteiger partial charge in [0.15, 0.2) is 5.82 Å². The minimum atomic E-state index is -0.997. The van der Waals surface area contributed by atoms with E-state index >= 15 is 0 Å². The Morgan fingerprint density at radius 2 is 2.47 bits per heavy atom. The average Bonchev–Trinajstić information content (AvgIpc) is 2.72. The molecule has 0 aliphatic heterocycles. The van der Waals surface area contributed by atoms with Crippen molar-refractivity contribution in [1.82, 2.24) is 20.2 Å². The Hall–Kier alpha value is -2.18. The molecular formula is C8H8N4O3. The topological polar surface area (TPSA) is 94.0 Å². The summed E-state index contributed by atoms with van der Waals surface area (Å²) in [6.07, 6.45) is 1.49. The maximum absolute atomic E-state index is 10.5. The van der Waals surface area contributed by atoms with Crippen molar-refractivity contribution in [2.75, 3.05) is 0 Å². The Bertz CT molecular complexity index is 488. The van der Waals surface area contributed by atoms with Crippen LogP contribution in [0.3, 0.4) is 0 Å². The fraction of sp³-hybridized carbons (Fsp3) is 0.250. The van der Waals surface area contributed by atoms with Gasteiger partial charge in [-0.1, -0.05) is 0 Å². The van der Waals surface area contributed by atoms with Crippen LogP contribution >= 0.6 is 0 Å². The van der Waals surface area contributed by atoms with Gasteiger partial charge in [0.2, 0.25) is 0 Å². The van der Waals surface area contributed by atoms with Gasteiger partial charge in [-0.3, -0.25) is 4.79 Å². The normalized spacial score (nSPS) is 10.5. The number of rotatable bonds is 3. The van der Waals surface area contributed by atoms with Crippen LogP contribution in [0.4, 0.5) is 0 Å². The minimum Gasteiger partial charge on any atom is -0.480 e. The Labute approximate surface area is 84.3 Å². The van der Waals surface area contributed by atoms with E-state index in [0.717, 1.165) is 5.76 Å². The molecule has 2 aromatic rings. The number of hydrogen-bond donors (Lipinski definition) is 1. The van der Waals surface area contributed by atoms with E-state index in [0.29, 0.717) is 11.4 Å². The second kappa shape index (κ2) is 3.52. The van der Waals surface area contributed by atoms with Gasteiger partial charge in [0, 0.05) is 0 Å². The predicted octanol–water partition coefficient (Wildman–Crippen LogP) is 0.326. The SMILES string of the molecule is Cc1cc(-c2nnnn2CC(=O)O)co1. The average molecular weight is 208 g/mol. The zero-order chi connectivity index (χ0) is 10.8. The molecule has 2 heterocycles. The monoisotopic (exact) mass is 208 g/mol. The number of furan rings is 1. The number of aromatic nitrogens is 4. The zero-order valence-corrected chi connectivity index (χ0v) is 7.91. The Balaban J connectivity index is 2.36. The van der Waals surface area contributed by atoms with Crippen LogP contribution in [0.1, 0.15) is 5.76 Å². The molecule has 78 valence electrons. The summed E-state index contributed by atoms with van der Waals surface area (Å²) < 4.78 is 6.29. The molecule has 0 bridgehead atoms. The second-order valence-corrected chi connectivity index (χ2v) is 3.00. The van der Waals surface area contributed by atoms with Crippen LogP contribution in [0, 0.1) is 6.92 Å². The molecular weight excluding hydrogens is 200 g/mol. The summed E-state index contributed by atoms with van der Waals surface area (Å²) in [5.74, 6) is 0.105. The van der Waals surface area contributed by atoms with E-state index in [9.17, 15) is 4.79 Å². The number of aryl methyl sites for hydroxylation is 1. The molecule has 0 aliphatic carbocycles. The molecule has 0 aromatic carbocycles. The quantitative estimate of drug-likeness (QED) is 0.780. The van der Waals surface area contributed by atoms with Crippen molar-refractivity contribution in [3.63, 3.8) is 0 Å². The highest BCUT2D eigenvalue weighted by molar-refractivity contribution is 5.67. The molecule has 0 saturated heterocycles. The van der Waals surface area contributed by atoms with Gasteiger partial charge >= 0.3 is 5.97 Å². The van der Waals surface area contributed by atoms with E-state index in [1.54, 1.807) is 13.0 Å². The molecule has 1 N–H and O–H groups in total. The number of carbonyl (C=O) groups is 1. The van der Waals surface area contributed by atoms with Gasteiger partial charge in [-0.2, -0.15) is 0 Å². The summed E-state index contributed by atoms with van der Waals surface area (Å²) >= 11 is 0. The summed E-state index contributed by atoms with van der Waals surface area (Å²) in [6, 6.07) is 1.74. The number of nitrogens with zero attached hydrogens (tertiary/aromatic N) is 4. The van der Waals surface area contributed by atoms with E-state index in [1.807, 2.05) is 0 Å². The molecule has 0 radical (unpaired) electrons. The van der Waals surface area contributed by atoms with E-state index < -0.39 is 5.97 Å². The molecule has 15 heavy (non-hydrogen) atoms. The number of tetrazole rings is 1. The third-order valence-corrected chi connectivity index (χ3v) is 1.81. The smallest absolute Gasteiger partial charge is 0.325 e. The summed E-state index contributed by atoms with van der Waals surface area (Å²) in [5.41, 5.74) is 0.666. The van der Waals surface area contributed by atoms with E-state index in [1.165, 1.54) is 10.9 Å². The van der Waals surface area contributed by atoms with Crippen molar-refractivity contribution < 1.29 is 14.3 Å². The lowest BCUT2D eigenvalue weighted by Crippen LogP contribution is -2.11. The van der Waals surface area contributed by atoms with Gasteiger partial charge in [-0.05, 0) is 23.4 Å². The number of carboxylic acid groups (broad SMARTS) is 1. The summed E-state index contributed by atoms with van der Waals surface area (Å²) in [4.78, 5) is 10.5. The van der Waals surface area contributed by atoms with E-state index in [4.69, 9.17) is 9.52 Å². The molecule has 0 atom stereocenters. The lowest BCUT2D eigenvalue weighted by Gasteiger charge is -1.97. The molecule has 0 fully saturated rings. The Morgan fingerprint density at radius 3 is 3.07 bits per heavy atom. The highest BCUT2D eigenvalue weighted by Crippen LogP contribution is 2.18. The van der Waals surface area contributed by atoms with Gasteiger partial charge in [0.25, 0.3) is 0 Å². The molecule has 2 rings (SSSR count). The summed E-state index contributed by atoms with van der Waals surface area (Å²) in [5, 5.41) is 19.3. The zero-order valence-electron chi connectivity index (χ0n) is 7.91. The first kappa shape index (κ1) is 9.38. The maximum atomic E-state index is 10.5. The van der Waals surface area contributed by atoms with Crippen molar-refractivity contribution in [3.8, 4) is 11.4 Å². The van der Waals surface area contributed by atoms with Crippen molar-refractivity contribution in [2.45, 2.75) is 13.5 Å². The third-order valence-electron chi connectivity index (χ3n) is 1.81. The van der Waals surface area contributed by atoms with Gasteiger partial charge < -0.3 is 9.52 Å². The number of carboxylic acids is 1. The van der Waals surface area contributed by atoms with Crippen LogP contribution < -0.4 is 0 Å². The fourth-order valence-electron chi connectivity index (χ4n) is 1.21. The molecule has 2 aromatic heterocycles. The molecule has 0 spiro atoms. The van der Waals surface area contributed by atoms with Crippen LogP contribution in [0.5, 0.6) is 0 Å². The lowest BCUT2D eigenvalue weighted by atomic mass is 10.3. The predicted molar refractivity (Wildman–Crippen MR) is 47.9 cm³/mol. The van der Waals surface area contributed by atoms with Gasteiger partial charge in [0.05, 0.1) is 5.56 Å². The lowest BCUT2D eigenvalue weighted by molar-refractivity contribution is -0.137. The van der Waals surface area contributed by atoms with E-state index in [-0.39, 0.29) is 6.54 Å². The fourth-order valence-corrected chi connectivity index (χ4v) is 1.21. The molecule has 7 nitrogen and oxygen atoms in total. The van der Waals surface area contributed by atoms with Crippen LogP contribution in [-0.2, 0) is 11.3 Å². The van der Waals surface area contributed by atoms with Crippen molar-refractivity contribution >= 4 is 5.97 Å². The molecule has 0 aliphatic rings. The second-order valence-electron chi connectivity index (χ2n) is 3.00. The minimum absolute atomic E-state index is 0.271. The Kier molecular flexibility index (Phi) is 2.20. The van der Waals surface area contributed by atoms with Gasteiger partial charge in [-0.15, -0.1) is 5.10 Å². The van der Waals surface area contributed by atoms with Crippen molar-refractivity contribution in [3.05, 3.63) is 18.1 Å². The highest BCUT2D eigenvalue weighted by Gasteiger charge is 2.12. The van der Waals surface area contributed by atoms with Crippen LogP contribution in [0.15, 0.2) is 16.7 Å². The van der Waals surface area contributed by atoms with Gasteiger partial charge in [0.1, 0.15) is 18.6 Å². The first-order valence-corrected chi connectivity index (χ1v) is 4.20. The first-order valence-electron chi connectivity index (χ1n) is 4.20. The Morgan fingerprint density at radius 1 is 1.67 bits per heavy atom. The molecule has 7 heteroatoms. The van der Waals surface area contributed by atoms with E-state index in [2.05, 4.69) is 15.5 Å². The van der Waals surface area contributed by atoms with Crippen LogP contribution in [-0.4, -0.2) is 31.3 Å². The summed E-state index contributed by atoms with van der Waals surface area (Å²) in [7, 11) is 0. The number of hydrogen-bond acceptors (Lipinski definition) is 5. The van der Waals surface area contributed by atoms with Crippen LogP contribution in [0.2, 0.25) is 0 Å². The van der Waals surface area contributed by atoms with Crippen molar-refractivity contribution in [1.29, 1.82) is 0 Å². The molecule has 0 amide bonds. The van der Waals surface area contributed by atoms with Crippen LogP contribution in [0.25, 0.3) is 11.4 Å². The molecule has 0 saturated carbocycles. The molecule has 0 unspecified atom stereocenters. The standard InChI is InChI=1S/C8H8N4O3/c1-5-2-6(4-15-5)8-9-10-11-12(8)3-7(13)14/h2,4H,3H2,1H3,(H,13,14). The van der Waals surface area contributed by atoms with Crippen molar-refractivity contribution in [2.24, 2.45) is 0 Å². The largest absolute Gasteiger partial charge is 0.480 e. The maximum Gasteiger partial charge on any atom is 0.325 e. The number of aliphatic carboxylic acids is 1.